The molecule has 6 nitrogen and oxygen atoms in total. The van der Waals surface area contributed by atoms with E-state index in [1.54, 1.807) is 51.2 Å². The molecule has 0 aliphatic rings. The zero-order valence-electron chi connectivity index (χ0n) is 12.3. The van der Waals surface area contributed by atoms with Crippen LogP contribution in [0.2, 0.25) is 0 Å². The van der Waals surface area contributed by atoms with Crippen LogP contribution in [0.1, 0.15) is 43.2 Å². The fourth-order valence-corrected chi connectivity index (χ4v) is 1.84. The molecule has 1 aromatic carbocycles. The first-order valence-electron chi connectivity index (χ1n) is 6.73. The van der Waals surface area contributed by atoms with Gasteiger partial charge in [0.25, 0.3) is 0 Å². The van der Waals surface area contributed by atoms with E-state index in [9.17, 15) is 9.90 Å². The van der Waals surface area contributed by atoms with Gasteiger partial charge in [-0.3, -0.25) is 0 Å². The maximum atomic E-state index is 11.9. The van der Waals surface area contributed by atoms with Crippen LogP contribution < -0.4 is 10.6 Å². The number of carbonyl (C=O) groups excluding carboxylic acids is 1. The van der Waals surface area contributed by atoms with Gasteiger partial charge in [-0.15, -0.1) is 0 Å². The molecule has 112 valence electrons. The summed E-state index contributed by atoms with van der Waals surface area (Å²) in [5.74, 6) is 1.17. The number of oxazole rings is 1. The van der Waals surface area contributed by atoms with Crippen LogP contribution in [0.3, 0.4) is 0 Å². The van der Waals surface area contributed by atoms with Crippen molar-refractivity contribution in [2.45, 2.75) is 32.9 Å². The summed E-state index contributed by atoms with van der Waals surface area (Å²) in [5.41, 5.74) is 1.44. The molecule has 0 fully saturated rings. The van der Waals surface area contributed by atoms with Crippen molar-refractivity contribution in [1.29, 1.82) is 0 Å². The quantitative estimate of drug-likeness (QED) is 0.807. The summed E-state index contributed by atoms with van der Waals surface area (Å²) in [4.78, 5) is 16.0. The number of nitrogens with one attached hydrogen (secondary N) is 2. The first-order chi connectivity index (χ1) is 9.95. The van der Waals surface area contributed by atoms with Crippen LogP contribution in [0.4, 0.5) is 10.5 Å². The minimum absolute atomic E-state index is 0.324. The molecule has 1 aromatic heterocycles. The first-order valence-corrected chi connectivity index (χ1v) is 6.73. The molecule has 2 rings (SSSR count). The predicted molar refractivity (Wildman–Crippen MR) is 78.9 cm³/mol. The molecular formula is C15H19N3O3. The average Bonchev–Trinajstić information content (AvgIpc) is 2.86. The van der Waals surface area contributed by atoms with Crippen LogP contribution in [0.15, 0.2) is 34.9 Å². The van der Waals surface area contributed by atoms with E-state index in [-0.39, 0.29) is 12.1 Å². The smallest absolute Gasteiger partial charge is 0.319 e. The summed E-state index contributed by atoms with van der Waals surface area (Å²) in [7, 11) is 0. The number of amides is 2. The molecule has 0 spiro atoms. The molecular weight excluding hydrogens is 270 g/mol. The van der Waals surface area contributed by atoms with Crippen molar-refractivity contribution < 1.29 is 14.3 Å². The number of aryl methyl sites for hydroxylation is 1. The predicted octanol–water partition coefficient (Wildman–Crippen LogP) is 2.92. The van der Waals surface area contributed by atoms with Crippen molar-refractivity contribution in [3.8, 4) is 0 Å². The number of aliphatic hydroxyl groups excluding tert-OH is 1. The summed E-state index contributed by atoms with van der Waals surface area (Å²) in [6.07, 6.45) is 1.08. The van der Waals surface area contributed by atoms with E-state index in [1.165, 1.54) is 0 Å². The third-order valence-corrected chi connectivity index (χ3v) is 3.01. The highest BCUT2D eigenvalue weighted by molar-refractivity contribution is 5.89. The molecule has 1 heterocycles. The molecule has 0 saturated heterocycles. The van der Waals surface area contributed by atoms with Gasteiger partial charge in [0.1, 0.15) is 11.8 Å². The fourth-order valence-electron chi connectivity index (χ4n) is 1.84. The van der Waals surface area contributed by atoms with Crippen molar-refractivity contribution in [2.24, 2.45) is 0 Å². The van der Waals surface area contributed by atoms with Crippen LogP contribution in [0.5, 0.6) is 0 Å². The Morgan fingerprint density at radius 3 is 2.48 bits per heavy atom. The highest BCUT2D eigenvalue weighted by Crippen LogP contribution is 2.16. The molecule has 6 heteroatoms. The number of hydrogen-bond acceptors (Lipinski definition) is 4. The lowest BCUT2D eigenvalue weighted by molar-refractivity contribution is 0.199. The van der Waals surface area contributed by atoms with Gasteiger partial charge in [-0.1, -0.05) is 12.1 Å². The molecule has 2 amide bonds. The van der Waals surface area contributed by atoms with Gasteiger partial charge in [-0.2, -0.15) is 0 Å². The summed E-state index contributed by atoms with van der Waals surface area (Å²) < 4.78 is 5.36. The molecule has 21 heavy (non-hydrogen) atoms. The van der Waals surface area contributed by atoms with Crippen LogP contribution in [0.25, 0.3) is 0 Å². The van der Waals surface area contributed by atoms with Crippen molar-refractivity contribution in [3.63, 3.8) is 0 Å². The molecule has 3 N–H and O–H groups in total. The zero-order valence-corrected chi connectivity index (χ0v) is 12.3. The number of benzene rings is 1. The van der Waals surface area contributed by atoms with Crippen molar-refractivity contribution >= 4 is 11.7 Å². The Hall–Kier alpha value is -2.34. The summed E-state index contributed by atoms with van der Waals surface area (Å²) in [6.45, 7) is 5.28. The highest BCUT2D eigenvalue weighted by atomic mass is 16.4. The third kappa shape index (κ3) is 4.06. The van der Waals surface area contributed by atoms with Crippen LogP contribution in [0, 0.1) is 6.92 Å². The number of rotatable bonds is 4. The lowest BCUT2D eigenvalue weighted by atomic mass is 10.1. The lowest BCUT2D eigenvalue weighted by Gasteiger charge is -2.12. The molecule has 2 atom stereocenters. The second kappa shape index (κ2) is 6.41. The zero-order chi connectivity index (χ0) is 15.4. The first kappa shape index (κ1) is 15.1. The molecule has 0 aliphatic carbocycles. The second-order valence-corrected chi connectivity index (χ2v) is 4.93. The largest absolute Gasteiger partial charge is 0.444 e. The van der Waals surface area contributed by atoms with E-state index in [2.05, 4.69) is 15.6 Å². The number of anilines is 1. The minimum Gasteiger partial charge on any atom is -0.444 e. The highest BCUT2D eigenvalue weighted by Gasteiger charge is 2.14. The molecule has 2 aromatic rings. The Labute approximate surface area is 123 Å². The van der Waals surface area contributed by atoms with Crippen LogP contribution >= 0.6 is 0 Å². The second-order valence-electron chi connectivity index (χ2n) is 4.93. The summed E-state index contributed by atoms with van der Waals surface area (Å²) >= 11 is 0. The Balaban J connectivity index is 1.92. The number of aromatic nitrogens is 1. The number of aliphatic hydroxyl groups is 1. The number of carbonyl (C=O) groups is 1. The van der Waals surface area contributed by atoms with E-state index in [1.807, 2.05) is 0 Å². The fraction of sp³-hybridized carbons (Fsp3) is 0.333. The number of hydrogen-bond donors (Lipinski definition) is 3. The topological polar surface area (TPSA) is 87.4 Å². The van der Waals surface area contributed by atoms with Gasteiger partial charge in [-0.25, -0.2) is 9.78 Å². The summed E-state index contributed by atoms with van der Waals surface area (Å²) in [6, 6.07) is 6.34. The van der Waals surface area contributed by atoms with Crippen LogP contribution in [-0.4, -0.2) is 16.1 Å². The van der Waals surface area contributed by atoms with Crippen molar-refractivity contribution in [3.05, 3.63) is 47.7 Å². The van der Waals surface area contributed by atoms with E-state index < -0.39 is 6.10 Å². The lowest BCUT2D eigenvalue weighted by Crippen LogP contribution is -2.31. The van der Waals surface area contributed by atoms with Gasteiger partial charge in [0.15, 0.2) is 0 Å². The van der Waals surface area contributed by atoms with E-state index in [0.29, 0.717) is 17.3 Å². The molecule has 0 bridgehead atoms. The standard InChI is InChI=1S/C15H19N3O3/c1-9-8-16-14(21-9)10(2)17-15(20)18-13-6-4-12(5-7-13)11(3)19/h4-8,10-11,19H,1-3H3,(H2,17,18,20). The molecule has 0 saturated carbocycles. The number of nitrogens with zero attached hydrogens (tertiary/aromatic N) is 1. The minimum atomic E-state index is -0.527. The SMILES string of the molecule is Cc1cnc(C(C)NC(=O)Nc2ccc(C(C)O)cc2)o1. The van der Waals surface area contributed by atoms with Gasteiger partial charge >= 0.3 is 6.03 Å². The Kier molecular flexibility index (Phi) is 4.59. The Morgan fingerprint density at radius 2 is 1.95 bits per heavy atom. The molecule has 0 radical (unpaired) electrons. The summed E-state index contributed by atoms with van der Waals surface area (Å²) in [5, 5.41) is 14.9. The van der Waals surface area contributed by atoms with E-state index >= 15 is 0 Å². The maximum absolute atomic E-state index is 11.9. The monoisotopic (exact) mass is 289 g/mol. The van der Waals surface area contributed by atoms with Gasteiger partial charge < -0.3 is 20.2 Å². The van der Waals surface area contributed by atoms with Gasteiger partial charge in [0.2, 0.25) is 5.89 Å². The van der Waals surface area contributed by atoms with E-state index in [0.717, 1.165) is 5.56 Å². The Morgan fingerprint density at radius 1 is 1.29 bits per heavy atom. The third-order valence-electron chi connectivity index (χ3n) is 3.01. The van der Waals surface area contributed by atoms with E-state index in [4.69, 9.17) is 4.42 Å². The van der Waals surface area contributed by atoms with Gasteiger partial charge in [0.05, 0.1) is 12.3 Å². The Bertz CT molecular complexity index is 605. The number of urea groups is 1. The average molecular weight is 289 g/mol. The molecule has 0 aliphatic heterocycles. The normalized spacial score (nSPS) is 13.5. The maximum Gasteiger partial charge on any atom is 0.319 e. The van der Waals surface area contributed by atoms with Crippen molar-refractivity contribution in [2.75, 3.05) is 5.32 Å². The van der Waals surface area contributed by atoms with Crippen LogP contribution in [-0.2, 0) is 0 Å². The van der Waals surface area contributed by atoms with Gasteiger partial charge in [-0.05, 0) is 38.5 Å². The van der Waals surface area contributed by atoms with Crippen molar-refractivity contribution in [1.82, 2.24) is 10.3 Å². The van der Waals surface area contributed by atoms with Gasteiger partial charge in [0, 0.05) is 5.69 Å². The molecule has 2 unspecified atom stereocenters.